The van der Waals surface area contributed by atoms with Crippen LogP contribution in [0.3, 0.4) is 0 Å². The largest absolute Gasteiger partial charge is 0.431 e. The molecule has 2 nitrogen and oxygen atoms in total. The summed E-state index contributed by atoms with van der Waals surface area (Å²) >= 11 is 4.77. The molecule has 0 saturated heterocycles. The monoisotopic (exact) mass is 312 g/mol. The van der Waals surface area contributed by atoms with Gasteiger partial charge in [0.25, 0.3) is 0 Å². The molecule has 1 aromatic heterocycles. The van der Waals surface area contributed by atoms with Gasteiger partial charge in [-0.25, -0.2) is 4.98 Å². The normalized spacial score (nSPS) is 12.5. The SMILES string of the molecule is CC(C)(C)c1ccc(-c2cc(C(F)(F)F)[nH]c(=S)n2)cc1. The van der Waals surface area contributed by atoms with Crippen molar-refractivity contribution in [2.45, 2.75) is 32.4 Å². The molecule has 1 heterocycles. The summed E-state index contributed by atoms with van der Waals surface area (Å²) in [6.07, 6.45) is -4.48. The summed E-state index contributed by atoms with van der Waals surface area (Å²) in [7, 11) is 0. The zero-order valence-corrected chi connectivity index (χ0v) is 12.7. The molecule has 2 aromatic rings. The second kappa shape index (κ2) is 5.26. The third kappa shape index (κ3) is 3.69. The molecule has 0 aliphatic rings. The van der Waals surface area contributed by atoms with Crippen molar-refractivity contribution < 1.29 is 13.2 Å². The Labute approximate surface area is 126 Å². The molecule has 1 N–H and O–H groups in total. The van der Waals surface area contributed by atoms with Crippen LogP contribution in [-0.2, 0) is 11.6 Å². The minimum atomic E-state index is -4.48. The van der Waals surface area contributed by atoms with Crippen LogP contribution < -0.4 is 0 Å². The first kappa shape index (κ1) is 15.7. The lowest BCUT2D eigenvalue weighted by molar-refractivity contribution is -0.141. The lowest BCUT2D eigenvalue weighted by atomic mass is 9.86. The van der Waals surface area contributed by atoms with Crippen LogP contribution in [-0.4, -0.2) is 9.97 Å². The van der Waals surface area contributed by atoms with E-state index in [0.29, 0.717) is 5.56 Å². The van der Waals surface area contributed by atoms with Crippen molar-refractivity contribution in [2.24, 2.45) is 0 Å². The van der Waals surface area contributed by atoms with E-state index in [1.807, 2.05) is 12.1 Å². The molecule has 0 saturated carbocycles. The van der Waals surface area contributed by atoms with Gasteiger partial charge >= 0.3 is 6.18 Å². The van der Waals surface area contributed by atoms with Crippen LogP contribution in [0.25, 0.3) is 11.3 Å². The lowest BCUT2D eigenvalue weighted by Gasteiger charge is -2.19. The zero-order valence-electron chi connectivity index (χ0n) is 11.9. The highest BCUT2D eigenvalue weighted by Gasteiger charge is 2.32. The van der Waals surface area contributed by atoms with Gasteiger partial charge in [-0.3, -0.25) is 0 Å². The maximum Gasteiger partial charge on any atom is 0.431 e. The van der Waals surface area contributed by atoms with E-state index in [4.69, 9.17) is 12.2 Å². The van der Waals surface area contributed by atoms with E-state index < -0.39 is 11.9 Å². The van der Waals surface area contributed by atoms with Crippen molar-refractivity contribution >= 4 is 12.2 Å². The number of nitrogens with one attached hydrogen (secondary N) is 1. The third-order valence-corrected chi connectivity index (χ3v) is 3.29. The molecule has 0 amide bonds. The summed E-state index contributed by atoms with van der Waals surface area (Å²) in [6.45, 7) is 6.21. The van der Waals surface area contributed by atoms with E-state index in [0.717, 1.165) is 11.6 Å². The molecule has 1 aromatic carbocycles. The van der Waals surface area contributed by atoms with Gasteiger partial charge in [0, 0.05) is 5.56 Å². The lowest BCUT2D eigenvalue weighted by Crippen LogP contribution is -2.11. The standard InChI is InChI=1S/C15H15F3N2S/c1-14(2,3)10-6-4-9(5-7-10)11-8-12(15(16,17)18)20-13(21)19-11/h4-8H,1-3H3,(H,19,20,21). The van der Waals surface area contributed by atoms with Gasteiger partial charge in [0.15, 0.2) is 4.77 Å². The Bertz CT molecular complexity index is 695. The predicted molar refractivity (Wildman–Crippen MR) is 78.6 cm³/mol. The van der Waals surface area contributed by atoms with Gasteiger partial charge in [0.1, 0.15) is 5.69 Å². The van der Waals surface area contributed by atoms with Crippen LogP contribution in [0.2, 0.25) is 0 Å². The van der Waals surface area contributed by atoms with Crippen LogP contribution in [0.15, 0.2) is 30.3 Å². The van der Waals surface area contributed by atoms with Crippen LogP contribution in [0.1, 0.15) is 32.0 Å². The van der Waals surface area contributed by atoms with E-state index in [1.54, 1.807) is 12.1 Å². The van der Waals surface area contributed by atoms with Crippen molar-refractivity contribution in [3.8, 4) is 11.3 Å². The highest BCUT2D eigenvalue weighted by atomic mass is 32.1. The number of hydrogen-bond donors (Lipinski definition) is 1. The van der Waals surface area contributed by atoms with Crippen LogP contribution in [0.5, 0.6) is 0 Å². The highest BCUT2D eigenvalue weighted by Crippen LogP contribution is 2.30. The Morgan fingerprint density at radius 2 is 1.62 bits per heavy atom. The molecule has 2 rings (SSSR count). The van der Waals surface area contributed by atoms with Gasteiger partial charge in [-0.15, -0.1) is 0 Å². The minimum absolute atomic E-state index is 0.0171. The van der Waals surface area contributed by atoms with Crippen LogP contribution >= 0.6 is 12.2 Å². The summed E-state index contributed by atoms with van der Waals surface area (Å²) in [6, 6.07) is 8.28. The minimum Gasteiger partial charge on any atom is -0.327 e. The first-order valence-electron chi connectivity index (χ1n) is 6.37. The van der Waals surface area contributed by atoms with Crippen molar-refractivity contribution in [1.82, 2.24) is 9.97 Å². The zero-order chi connectivity index (χ0) is 15.8. The second-order valence-electron chi connectivity index (χ2n) is 5.81. The molecule has 0 fully saturated rings. The maximum atomic E-state index is 12.8. The van der Waals surface area contributed by atoms with Gasteiger partial charge in [0.05, 0.1) is 5.69 Å². The Morgan fingerprint density at radius 3 is 2.10 bits per heavy atom. The van der Waals surface area contributed by atoms with Crippen molar-refractivity contribution in [3.05, 3.63) is 46.4 Å². The van der Waals surface area contributed by atoms with Gasteiger partial charge < -0.3 is 4.98 Å². The fourth-order valence-corrected chi connectivity index (χ4v) is 2.11. The molecule has 0 bridgehead atoms. The highest BCUT2D eigenvalue weighted by molar-refractivity contribution is 7.71. The van der Waals surface area contributed by atoms with Crippen molar-refractivity contribution in [3.63, 3.8) is 0 Å². The number of H-pyrrole nitrogens is 1. The fourth-order valence-electron chi connectivity index (χ4n) is 1.90. The summed E-state index contributed by atoms with van der Waals surface area (Å²) < 4.78 is 38.2. The first-order valence-corrected chi connectivity index (χ1v) is 6.78. The molecule has 112 valence electrons. The van der Waals surface area contributed by atoms with Crippen LogP contribution in [0.4, 0.5) is 13.2 Å². The Balaban J connectivity index is 2.48. The number of rotatable bonds is 1. The number of aromatic nitrogens is 2. The predicted octanol–water partition coefficient (Wildman–Crippen LogP) is 5.12. The van der Waals surface area contributed by atoms with E-state index in [9.17, 15) is 13.2 Å². The van der Waals surface area contributed by atoms with E-state index in [2.05, 4.69) is 30.7 Å². The summed E-state index contributed by atoms with van der Waals surface area (Å²) in [5, 5.41) is 0. The third-order valence-electron chi connectivity index (χ3n) is 3.10. The topological polar surface area (TPSA) is 28.7 Å². The molecule has 0 radical (unpaired) electrons. The fraction of sp³-hybridized carbons (Fsp3) is 0.333. The second-order valence-corrected chi connectivity index (χ2v) is 6.20. The number of nitrogens with zero attached hydrogens (tertiary/aromatic N) is 1. The smallest absolute Gasteiger partial charge is 0.327 e. The molecule has 21 heavy (non-hydrogen) atoms. The first-order chi connectivity index (χ1) is 9.57. The maximum absolute atomic E-state index is 12.8. The molecule has 0 unspecified atom stereocenters. The summed E-state index contributed by atoms with van der Waals surface area (Å²) in [5.74, 6) is 0. The number of aromatic amines is 1. The summed E-state index contributed by atoms with van der Waals surface area (Å²) in [5.41, 5.74) is 1.01. The molecular formula is C15H15F3N2S. The van der Waals surface area contributed by atoms with E-state index in [-0.39, 0.29) is 15.9 Å². The van der Waals surface area contributed by atoms with Gasteiger partial charge in [-0.05, 0) is 29.3 Å². The molecule has 6 heteroatoms. The van der Waals surface area contributed by atoms with Crippen molar-refractivity contribution in [2.75, 3.05) is 0 Å². The Kier molecular flexibility index (Phi) is 3.93. The van der Waals surface area contributed by atoms with Gasteiger partial charge in [-0.2, -0.15) is 13.2 Å². The number of alkyl halides is 3. The number of hydrogen-bond acceptors (Lipinski definition) is 2. The van der Waals surface area contributed by atoms with Crippen molar-refractivity contribution in [1.29, 1.82) is 0 Å². The Hall–Kier alpha value is -1.69. The quantitative estimate of drug-likeness (QED) is 0.740. The number of halogens is 3. The van der Waals surface area contributed by atoms with Gasteiger partial charge in [0.2, 0.25) is 0 Å². The van der Waals surface area contributed by atoms with E-state index >= 15 is 0 Å². The molecule has 0 aliphatic carbocycles. The molecule has 0 atom stereocenters. The van der Waals surface area contributed by atoms with Crippen LogP contribution in [0, 0.1) is 4.77 Å². The number of benzene rings is 1. The Morgan fingerprint density at radius 1 is 1.05 bits per heavy atom. The molecule has 0 aliphatic heterocycles. The average Bonchev–Trinajstić information content (AvgIpc) is 2.36. The van der Waals surface area contributed by atoms with Gasteiger partial charge in [-0.1, -0.05) is 45.0 Å². The van der Waals surface area contributed by atoms with E-state index in [1.165, 1.54) is 0 Å². The molecule has 0 spiro atoms. The summed E-state index contributed by atoms with van der Waals surface area (Å²) in [4.78, 5) is 6.04. The average molecular weight is 312 g/mol. The molecular weight excluding hydrogens is 297 g/mol.